The summed E-state index contributed by atoms with van der Waals surface area (Å²) < 4.78 is 3.53. The van der Waals surface area contributed by atoms with Crippen molar-refractivity contribution in [2.45, 2.75) is 13.0 Å². The summed E-state index contributed by atoms with van der Waals surface area (Å²) in [6.45, 7) is 0.600. The first kappa shape index (κ1) is 11.2. The van der Waals surface area contributed by atoms with Crippen LogP contribution in [0.3, 0.4) is 0 Å². The number of imidazole rings is 1. The molecule has 1 amide bonds. The van der Waals surface area contributed by atoms with Gasteiger partial charge >= 0.3 is 0 Å². The fraction of sp³-hybridized carbons (Fsp3) is 0.300. The summed E-state index contributed by atoms with van der Waals surface area (Å²) in [5.74, 6) is 0.331. The van der Waals surface area contributed by atoms with Gasteiger partial charge in [-0.3, -0.25) is 9.48 Å². The van der Waals surface area contributed by atoms with Gasteiger partial charge in [-0.05, 0) is 0 Å². The van der Waals surface area contributed by atoms with Crippen LogP contribution in [0.2, 0.25) is 0 Å². The van der Waals surface area contributed by atoms with Crippen molar-refractivity contribution in [3.63, 3.8) is 0 Å². The lowest BCUT2D eigenvalue weighted by Crippen LogP contribution is -2.14. The Kier molecular flexibility index (Phi) is 2.82. The molecule has 0 aliphatic rings. The summed E-state index contributed by atoms with van der Waals surface area (Å²) in [6, 6.07) is 0. The van der Waals surface area contributed by atoms with Crippen molar-refractivity contribution >= 4 is 11.6 Å². The molecule has 0 fully saturated rings. The summed E-state index contributed by atoms with van der Waals surface area (Å²) in [6.07, 6.45) is 5.93. The van der Waals surface area contributed by atoms with E-state index in [1.54, 1.807) is 17.1 Å². The standard InChI is InChI=1S/C10H14N6O/c1-15-5-3-13-8(15)2-4-16-6-7(11)9(14-16)10(12)17/h3,5-6H,2,4,11H2,1H3,(H2,12,17). The average molecular weight is 234 g/mol. The van der Waals surface area contributed by atoms with Crippen LogP contribution in [0.1, 0.15) is 16.3 Å². The van der Waals surface area contributed by atoms with Crippen LogP contribution in [-0.2, 0) is 20.0 Å². The van der Waals surface area contributed by atoms with Crippen LogP contribution in [0.15, 0.2) is 18.6 Å². The van der Waals surface area contributed by atoms with E-state index < -0.39 is 5.91 Å². The third-order valence-electron chi connectivity index (χ3n) is 2.51. The van der Waals surface area contributed by atoms with E-state index in [2.05, 4.69) is 10.1 Å². The number of hydrogen-bond acceptors (Lipinski definition) is 4. The van der Waals surface area contributed by atoms with Gasteiger partial charge in [-0.25, -0.2) is 4.98 Å². The molecule has 7 heteroatoms. The van der Waals surface area contributed by atoms with Crippen LogP contribution in [0.25, 0.3) is 0 Å². The molecule has 2 aromatic rings. The number of anilines is 1. The van der Waals surface area contributed by atoms with E-state index >= 15 is 0 Å². The molecule has 0 aromatic carbocycles. The van der Waals surface area contributed by atoms with E-state index in [1.807, 2.05) is 17.8 Å². The molecule has 0 bridgehead atoms. The Bertz CT molecular complexity index is 541. The molecule has 0 aliphatic heterocycles. The smallest absolute Gasteiger partial charge is 0.271 e. The largest absolute Gasteiger partial charge is 0.396 e. The van der Waals surface area contributed by atoms with Gasteiger partial charge in [0, 0.05) is 38.6 Å². The first-order chi connectivity index (χ1) is 8.08. The molecule has 4 N–H and O–H groups in total. The quantitative estimate of drug-likeness (QED) is 0.746. The lowest BCUT2D eigenvalue weighted by Gasteiger charge is -2.01. The highest BCUT2D eigenvalue weighted by molar-refractivity contribution is 5.95. The minimum atomic E-state index is -0.613. The lowest BCUT2D eigenvalue weighted by molar-refractivity contribution is 0.0995. The molecule has 0 radical (unpaired) electrons. The lowest BCUT2D eigenvalue weighted by atomic mass is 10.4. The highest BCUT2D eigenvalue weighted by Crippen LogP contribution is 2.08. The normalized spacial score (nSPS) is 10.6. The van der Waals surface area contributed by atoms with Crippen molar-refractivity contribution in [2.75, 3.05) is 5.73 Å². The van der Waals surface area contributed by atoms with Crippen LogP contribution in [0, 0.1) is 0 Å². The van der Waals surface area contributed by atoms with Crippen molar-refractivity contribution in [1.82, 2.24) is 19.3 Å². The molecule has 0 saturated carbocycles. The number of aromatic nitrogens is 4. The third kappa shape index (κ3) is 2.27. The van der Waals surface area contributed by atoms with Gasteiger partial charge in [0.05, 0.1) is 5.69 Å². The highest BCUT2D eigenvalue weighted by Gasteiger charge is 2.11. The number of aryl methyl sites for hydroxylation is 3. The SMILES string of the molecule is Cn1ccnc1CCn1cc(N)c(C(N)=O)n1. The first-order valence-corrected chi connectivity index (χ1v) is 5.17. The molecule has 7 nitrogen and oxygen atoms in total. The second-order valence-electron chi connectivity index (χ2n) is 3.76. The van der Waals surface area contributed by atoms with Crippen molar-refractivity contribution in [3.05, 3.63) is 30.1 Å². The number of rotatable bonds is 4. The summed E-state index contributed by atoms with van der Waals surface area (Å²) in [5, 5.41) is 4.02. The highest BCUT2D eigenvalue weighted by atomic mass is 16.1. The average Bonchev–Trinajstić information content (AvgIpc) is 2.82. The maximum Gasteiger partial charge on any atom is 0.271 e. The molecule has 0 atom stereocenters. The van der Waals surface area contributed by atoms with E-state index in [9.17, 15) is 4.79 Å². The molecule has 0 unspecified atom stereocenters. The fourth-order valence-electron chi connectivity index (χ4n) is 1.59. The zero-order valence-electron chi connectivity index (χ0n) is 9.50. The Balaban J connectivity index is 2.07. The zero-order chi connectivity index (χ0) is 12.4. The van der Waals surface area contributed by atoms with Gasteiger partial charge in [0.1, 0.15) is 5.82 Å². The number of nitrogens with two attached hydrogens (primary N) is 2. The van der Waals surface area contributed by atoms with Crippen molar-refractivity contribution in [2.24, 2.45) is 12.8 Å². The minimum Gasteiger partial charge on any atom is -0.396 e. The van der Waals surface area contributed by atoms with E-state index in [0.29, 0.717) is 18.7 Å². The minimum absolute atomic E-state index is 0.116. The molecule has 0 aliphatic carbocycles. The molecule has 2 rings (SSSR count). The fourth-order valence-corrected chi connectivity index (χ4v) is 1.59. The van der Waals surface area contributed by atoms with E-state index in [-0.39, 0.29) is 5.69 Å². The Morgan fingerprint density at radius 2 is 2.29 bits per heavy atom. The number of carbonyl (C=O) groups excluding carboxylic acids is 1. The summed E-state index contributed by atoms with van der Waals surface area (Å²) in [4.78, 5) is 15.2. The summed E-state index contributed by atoms with van der Waals surface area (Å²) >= 11 is 0. The Labute approximate surface area is 98.0 Å². The number of nitrogen functional groups attached to an aromatic ring is 1. The predicted octanol–water partition coefficient (Wildman–Crippen LogP) is -0.460. The van der Waals surface area contributed by atoms with Crippen LogP contribution >= 0.6 is 0 Å². The number of carbonyl (C=O) groups is 1. The molecule has 17 heavy (non-hydrogen) atoms. The predicted molar refractivity (Wildman–Crippen MR) is 62.1 cm³/mol. The van der Waals surface area contributed by atoms with Gasteiger partial charge in [-0.15, -0.1) is 0 Å². The second kappa shape index (κ2) is 4.28. The Morgan fingerprint density at radius 3 is 2.82 bits per heavy atom. The summed E-state index contributed by atoms with van der Waals surface area (Å²) in [7, 11) is 1.93. The van der Waals surface area contributed by atoms with E-state index in [1.165, 1.54) is 0 Å². The molecule has 2 heterocycles. The maximum absolute atomic E-state index is 11.0. The number of nitrogens with zero attached hydrogens (tertiary/aromatic N) is 4. The number of hydrogen-bond donors (Lipinski definition) is 2. The monoisotopic (exact) mass is 234 g/mol. The van der Waals surface area contributed by atoms with Crippen LogP contribution < -0.4 is 11.5 Å². The Hall–Kier alpha value is -2.31. The molecule has 2 aromatic heterocycles. The van der Waals surface area contributed by atoms with E-state index in [4.69, 9.17) is 11.5 Å². The van der Waals surface area contributed by atoms with Gasteiger partial charge < -0.3 is 16.0 Å². The molecule has 90 valence electrons. The Morgan fingerprint density at radius 1 is 1.53 bits per heavy atom. The van der Waals surface area contributed by atoms with Gasteiger partial charge in [0.2, 0.25) is 0 Å². The third-order valence-corrected chi connectivity index (χ3v) is 2.51. The van der Waals surface area contributed by atoms with Gasteiger partial charge in [0.15, 0.2) is 5.69 Å². The molecular weight excluding hydrogens is 220 g/mol. The zero-order valence-corrected chi connectivity index (χ0v) is 9.50. The maximum atomic E-state index is 11.0. The molecular formula is C10H14N6O. The van der Waals surface area contributed by atoms with Gasteiger partial charge in [0.25, 0.3) is 5.91 Å². The van der Waals surface area contributed by atoms with Crippen molar-refractivity contribution in [3.8, 4) is 0 Å². The summed E-state index contributed by atoms with van der Waals surface area (Å²) in [5.41, 5.74) is 11.2. The number of primary amides is 1. The van der Waals surface area contributed by atoms with Crippen molar-refractivity contribution in [1.29, 1.82) is 0 Å². The van der Waals surface area contributed by atoms with Crippen LogP contribution in [-0.4, -0.2) is 25.2 Å². The molecule has 0 saturated heterocycles. The van der Waals surface area contributed by atoms with Gasteiger partial charge in [-0.1, -0.05) is 0 Å². The van der Waals surface area contributed by atoms with Crippen LogP contribution in [0.5, 0.6) is 0 Å². The van der Waals surface area contributed by atoms with Crippen LogP contribution in [0.4, 0.5) is 5.69 Å². The molecule has 0 spiro atoms. The second-order valence-corrected chi connectivity index (χ2v) is 3.76. The first-order valence-electron chi connectivity index (χ1n) is 5.17. The van der Waals surface area contributed by atoms with Gasteiger partial charge in [-0.2, -0.15) is 5.10 Å². The van der Waals surface area contributed by atoms with Crippen molar-refractivity contribution < 1.29 is 4.79 Å². The van der Waals surface area contributed by atoms with E-state index in [0.717, 1.165) is 5.82 Å². The topological polar surface area (TPSA) is 105 Å². The number of amides is 1.